The van der Waals surface area contributed by atoms with Crippen LogP contribution in [0.5, 0.6) is 0 Å². The van der Waals surface area contributed by atoms with Gasteiger partial charge in [-0.3, -0.25) is 0 Å². The maximum absolute atomic E-state index is 3.73. The Balaban J connectivity index is 3.23. The zero-order chi connectivity index (χ0) is 14.6. The molecule has 0 aliphatic carbocycles. The molecule has 0 aromatic heterocycles. The molecule has 1 rings (SSSR count). The van der Waals surface area contributed by atoms with Crippen molar-refractivity contribution in [1.82, 2.24) is 0 Å². The quantitative estimate of drug-likeness (QED) is 0.482. The molecule has 0 atom stereocenters. The fraction of sp³-hybridized carbons (Fsp3) is 0.529. The largest absolute Gasteiger partial charge is 0.146 e. The van der Waals surface area contributed by atoms with Crippen LogP contribution < -0.4 is 0 Å². The summed E-state index contributed by atoms with van der Waals surface area (Å²) in [5.41, 5.74) is 6.85. The van der Waals surface area contributed by atoms with Crippen LogP contribution >= 0.6 is 15.9 Å². The van der Waals surface area contributed by atoms with Crippen LogP contribution in [-0.4, -0.2) is 8.07 Å². The average molecular weight is 336 g/mol. The maximum Gasteiger partial charge on any atom is 0.146 e. The van der Waals surface area contributed by atoms with Crippen LogP contribution in [0.4, 0.5) is 0 Å². The van der Waals surface area contributed by atoms with E-state index in [1.807, 2.05) is 18.2 Å². The number of halogens is 1. The molecule has 0 amide bonds. The van der Waals surface area contributed by atoms with Gasteiger partial charge in [-0.15, -0.1) is 5.54 Å². The Hall–Kier alpha value is -0.523. The lowest BCUT2D eigenvalue weighted by Crippen LogP contribution is -2.43. The highest BCUT2D eigenvalue weighted by Gasteiger charge is 2.41. The average Bonchev–Trinajstić information content (AvgIpc) is 2.28. The van der Waals surface area contributed by atoms with Gasteiger partial charge < -0.3 is 0 Å². The molecule has 103 valence electrons. The van der Waals surface area contributed by atoms with Crippen LogP contribution in [0.2, 0.25) is 16.6 Å². The van der Waals surface area contributed by atoms with Crippen LogP contribution in [0, 0.1) is 17.5 Å². The summed E-state index contributed by atoms with van der Waals surface area (Å²) >= 11 is 3.46. The molecule has 2 heteroatoms. The Bertz CT molecular complexity index is 456. The van der Waals surface area contributed by atoms with E-state index in [2.05, 4.69) is 75.0 Å². The van der Waals surface area contributed by atoms with E-state index < -0.39 is 8.07 Å². The first kappa shape index (κ1) is 16.5. The molecule has 0 aliphatic heterocycles. The van der Waals surface area contributed by atoms with E-state index in [4.69, 9.17) is 0 Å². The normalized spacial score (nSPS) is 11.9. The lowest BCUT2D eigenvalue weighted by atomic mass is 10.2. The van der Waals surface area contributed by atoms with Gasteiger partial charge in [0, 0.05) is 10.0 Å². The second kappa shape index (κ2) is 6.77. The summed E-state index contributed by atoms with van der Waals surface area (Å²) in [6.45, 7) is 14.1. The molecule has 0 aliphatic rings. The fourth-order valence-corrected chi connectivity index (χ4v) is 8.73. The van der Waals surface area contributed by atoms with Gasteiger partial charge in [0.05, 0.1) is 0 Å². The van der Waals surface area contributed by atoms with Gasteiger partial charge in [0.2, 0.25) is 0 Å². The van der Waals surface area contributed by atoms with E-state index in [1.54, 1.807) is 0 Å². The minimum absolute atomic E-state index is 0.679. The smallest absolute Gasteiger partial charge is 0.125 e. The highest BCUT2D eigenvalue weighted by molar-refractivity contribution is 9.10. The minimum Gasteiger partial charge on any atom is -0.125 e. The standard InChI is InChI=1S/C17H24BrSi/c1-13(2)19(14(3)4,15(5)6)11-10-16-8-7-9-17(18)12-16/h7-8,12-15H,1-6H3. The first-order valence-corrected chi connectivity index (χ1v) is 10.0. The van der Waals surface area contributed by atoms with E-state index in [-0.39, 0.29) is 0 Å². The summed E-state index contributed by atoms with van der Waals surface area (Å²) in [5.74, 6) is 3.43. The summed E-state index contributed by atoms with van der Waals surface area (Å²) < 4.78 is 0.977. The molecular weight excluding hydrogens is 312 g/mol. The number of rotatable bonds is 3. The third-order valence-electron chi connectivity index (χ3n) is 4.06. The molecule has 19 heavy (non-hydrogen) atoms. The van der Waals surface area contributed by atoms with Crippen molar-refractivity contribution in [3.8, 4) is 11.5 Å². The van der Waals surface area contributed by atoms with Gasteiger partial charge in [0.15, 0.2) is 0 Å². The molecule has 0 fully saturated rings. The highest BCUT2D eigenvalue weighted by Crippen LogP contribution is 2.40. The van der Waals surface area contributed by atoms with Gasteiger partial charge in [-0.25, -0.2) is 0 Å². The third kappa shape index (κ3) is 3.74. The van der Waals surface area contributed by atoms with Crippen molar-refractivity contribution in [1.29, 1.82) is 0 Å². The van der Waals surface area contributed by atoms with Crippen molar-refractivity contribution in [2.24, 2.45) is 0 Å². The van der Waals surface area contributed by atoms with Crippen LogP contribution in [-0.2, 0) is 0 Å². The van der Waals surface area contributed by atoms with Crippen LogP contribution in [0.1, 0.15) is 47.1 Å². The van der Waals surface area contributed by atoms with Crippen LogP contribution in [0.25, 0.3) is 0 Å². The summed E-state index contributed by atoms with van der Waals surface area (Å²) in [5, 5.41) is 0. The zero-order valence-corrected chi connectivity index (χ0v) is 15.4. The van der Waals surface area contributed by atoms with Gasteiger partial charge in [-0.05, 0) is 34.8 Å². The van der Waals surface area contributed by atoms with Crippen molar-refractivity contribution in [2.75, 3.05) is 0 Å². The summed E-state index contributed by atoms with van der Waals surface area (Å²) in [6.07, 6.45) is 0. The van der Waals surface area contributed by atoms with Gasteiger partial charge in [-0.1, -0.05) is 69.5 Å². The molecule has 0 unspecified atom stereocenters. The highest BCUT2D eigenvalue weighted by atomic mass is 79.9. The van der Waals surface area contributed by atoms with E-state index in [1.165, 1.54) is 0 Å². The molecule has 0 heterocycles. The molecule has 0 bridgehead atoms. The van der Waals surface area contributed by atoms with Crippen molar-refractivity contribution in [3.63, 3.8) is 0 Å². The van der Waals surface area contributed by atoms with Gasteiger partial charge >= 0.3 is 0 Å². The number of benzene rings is 1. The SMILES string of the molecule is CC(C)[Si](C#Cc1cc[c]c(Br)c1)(C(C)C)C(C)C. The second-order valence-electron chi connectivity index (χ2n) is 6.07. The molecule has 0 saturated heterocycles. The van der Waals surface area contributed by atoms with Crippen molar-refractivity contribution < 1.29 is 0 Å². The summed E-state index contributed by atoms with van der Waals surface area (Å²) in [6, 6.07) is 9.11. The molecule has 0 saturated carbocycles. The third-order valence-corrected chi connectivity index (χ3v) is 10.8. The summed E-state index contributed by atoms with van der Waals surface area (Å²) in [7, 11) is -1.61. The first-order valence-electron chi connectivity index (χ1n) is 7.01. The topological polar surface area (TPSA) is 0 Å². The number of hydrogen-bond donors (Lipinski definition) is 0. The Kier molecular flexibility index (Phi) is 5.89. The fourth-order valence-electron chi connectivity index (χ4n) is 3.13. The van der Waals surface area contributed by atoms with Crippen molar-refractivity contribution >= 4 is 24.0 Å². The van der Waals surface area contributed by atoms with Crippen LogP contribution in [0.3, 0.4) is 0 Å². The zero-order valence-electron chi connectivity index (χ0n) is 12.8. The maximum atomic E-state index is 3.73. The van der Waals surface area contributed by atoms with Gasteiger partial charge in [0.25, 0.3) is 0 Å². The second-order valence-corrected chi connectivity index (χ2v) is 12.5. The van der Waals surface area contributed by atoms with E-state index in [0.29, 0.717) is 16.6 Å². The van der Waals surface area contributed by atoms with Gasteiger partial charge in [0.1, 0.15) is 8.07 Å². The molecular formula is C17H24BrSi. The molecule has 0 nitrogen and oxygen atoms in total. The summed E-state index contributed by atoms with van der Waals surface area (Å²) in [4.78, 5) is 0. The Morgan fingerprint density at radius 2 is 1.58 bits per heavy atom. The monoisotopic (exact) mass is 335 g/mol. The Morgan fingerprint density at radius 3 is 2.00 bits per heavy atom. The van der Waals surface area contributed by atoms with Gasteiger partial charge in [-0.2, -0.15) is 0 Å². The van der Waals surface area contributed by atoms with E-state index in [9.17, 15) is 0 Å². The molecule has 0 N–H and O–H groups in total. The van der Waals surface area contributed by atoms with Crippen LogP contribution in [0.15, 0.2) is 22.7 Å². The Morgan fingerprint density at radius 1 is 1.05 bits per heavy atom. The predicted molar refractivity (Wildman–Crippen MR) is 90.9 cm³/mol. The van der Waals surface area contributed by atoms with Crippen molar-refractivity contribution in [2.45, 2.75) is 58.2 Å². The molecule has 1 aromatic rings. The lowest BCUT2D eigenvalue weighted by molar-refractivity contribution is 0.838. The molecule has 0 spiro atoms. The van der Waals surface area contributed by atoms with E-state index in [0.717, 1.165) is 10.0 Å². The minimum atomic E-state index is -1.61. The predicted octanol–water partition coefficient (Wildman–Crippen LogP) is 5.82. The molecule has 1 radical (unpaired) electrons. The Labute approximate surface area is 128 Å². The van der Waals surface area contributed by atoms with Crippen molar-refractivity contribution in [3.05, 3.63) is 34.3 Å². The lowest BCUT2D eigenvalue weighted by Gasteiger charge is -2.38. The van der Waals surface area contributed by atoms with E-state index >= 15 is 0 Å². The number of hydrogen-bond acceptors (Lipinski definition) is 0. The molecule has 1 aromatic carbocycles. The first-order chi connectivity index (χ1) is 8.80.